The molecule has 0 aromatic heterocycles. The first kappa shape index (κ1) is 62.1. The lowest BCUT2D eigenvalue weighted by Crippen LogP contribution is -2.61. The second-order valence-corrected chi connectivity index (χ2v) is 19.2. The molecule has 68 heavy (non-hydrogen) atoms. The predicted octanol–water partition coefficient (Wildman–Crippen LogP) is 7.93. The molecule has 0 aromatic rings. The Kier molecular flexibility index (Phi) is 37.1. The van der Waals surface area contributed by atoms with Crippen LogP contribution in [0.15, 0.2) is 17.9 Å². The summed E-state index contributed by atoms with van der Waals surface area (Å²) in [7, 11) is 0. The third-order valence-electron chi connectivity index (χ3n) is 13.0. The number of ether oxygens (including phenoxy) is 6. The van der Waals surface area contributed by atoms with Crippen LogP contribution >= 0.6 is 0 Å². The molecule has 0 saturated carbocycles. The zero-order valence-corrected chi connectivity index (χ0v) is 42.2. The normalized spacial score (nSPS) is 25.4. The van der Waals surface area contributed by atoms with Crippen molar-refractivity contribution >= 4 is 11.9 Å². The highest BCUT2D eigenvalue weighted by molar-refractivity contribution is 5.70. The van der Waals surface area contributed by atoms with Gasteiger partial charge < -0.3 is 64.2 Å². The van der Waals surface area contributed by atoms with Gasteiger partial charge in [-0.05, 0) is 50.7 Å². The molecular weight excluding hydrogens is 877 g/mol. The molecule has 0 amide bonds. The Morgan fingerprint density at radius 1 is 0.485 bits per heavy atom. The summed E-state index contributed by atoms with van der Waals surface area (Å²) in [6.45, 7) is 2.58. The number of aliphatic hydroxyl groups is 7. The van der Waals surface area contributed by atoms with Crippen molar-refractivity contribution in [2.24, 2.45) is 0 Å². The molecule has 0 aliphatic carbocycles. The summed E-state index contributed by atoms with van der Waals surface area (Å²) in [5.41, 5.74) is 3.29. The molecule has 11 atom stereocenters. The van der Waals surface area contributed by atoms with Crippen molar-refractivity contribution in [1.82, 2.24) is 0 Å². The average molecular weight is 973 g/mol. The average Bonchev–Trinajstić information content (AvgIpc) is 3.33. The number of unbranched alkanes of at least 4 members (excludes halogenated alkanes) is 26. The summed E-state index contributed by atoms with van der Waals surface area (Å²) < 4.78 is 33.6. The Bertz CT molecular complexity index is 1290. The van der Waals surface area contributed by atoms with Crippen molar-refractivity contribution in [2.75, 3.05) is 26.4 Å². The van der Waals surface area contributed by atoms with Gasteiger partial charge in [-0.3, -0.25) is 9.59 Å². The minimum absolute atomic E-state index is 0.148. The van der Waals surface area contributed by atoms with E-state index in [0.717, 1.165) is 57.8 Å². The van der Waals surface area contributed by atoms with E-state index in [4.69, 9.17) is 28.4 Å². The van der Waals surface area contributed by atoms with Crippen LogP contribution in [0.4, 0.5) is 0 Å². The van der Waals surface area contributed by atoms with E-state index in [9.17, 15) is 45.3 Å². The molecule has 15 heteroatoms. The van der Waals surface area contributed by atoms with E-state index in [1.54, 1.807) is 0 Å². The lowest BCUT2D eigenvalue weighted by atomic mass is 9.98. The number of carbonyl (C=O) groups is 2. The number of esters is 2. The van der Waals surface area contributed by atoms with Crippen LogP contribution in [0.3, 0.4) is 0 Å². The van der Waals surface area contributed by atoms with E-state index < -0.39 is 92.7 Å². The van der Waals surface area contributed by atoms with E-state index >= 15 is 0 Å². The summed E-state index contributed by atoms with van der Waals surface area (Å²) in [5.74, 6) is -0.936. The first-order valence-electron chi connectivity index (χ1n) is 27.0. The van der Waals surface area contributed by atoms with Gasteiger partial charge >= 0.3 is 11.9 Å². The molecule has 2 heterocycles. The molecule has 0 radical (unpaired) electrons. The summed E-state index contributed by atoms with van der Waals surface area (Å²) in [5, 5.41) is 72.1. The van der Waals surface area contributed by atoms with Crippen LogP contribution in [0.1, 0.15) is 213 Å². The van der Waals surface area contributed by atoms with Gasteiger partial charge in [0.25, 0.3) is 0 Å². The predicted molar refractivity (Wildman–Crippen MR) is 260 cm³/mol. The van der Waals surface area contributed by atoms with Crippen LogP contribution in [0.2, 0.25) is 0 Å². The van der Waals surface area contributed by atoms with E-state index in [2.05, 4.69) is 31.7 Å². The Balaban J connectivity index is 1.79. The molecule has 2 rings (SSSR count). The Hall–Kier alpha value is -1.98. The highest BCUT2D eigenvalue weighted by atomic mass is 16.7. The van der Waals surface area contributed by atoms with Gasteiger partial charge in [0.15, 0.2) is 18.7 Å². The Morgan fingerprint density at radius 2 is 0.882 bits per heavy atom. The number of aliphatic hydroxyl groups excluding tert-OH is 7. The largest absolute Gasteiger partial charge is 0.462 e. The fourth-order valence-electron chi connectivity index (χ4n) is 8.55. The molecule has 398 valence electrons. The molecule has 0 bridgehead atoms. The smallest absolute Gasteiger partial charge is 0.306 e. The number of hydrogen-bond donors (Lipinski definition) is 7. The van der Waals surface area contributed by atoms with Gasteiger partial charge in [0.1, 0.15) is 55.4 Å². The fourth-order valence-corrected chi connectivity index (χ4v) is 8.55. The van der Waals surface area contributed by atoms with Crippen molar-refractivity contribution in [3.63, 3.8) is 0 Å². The molecule has 2 aliphatic heterocycles. The van der Waals surface area contributed by atoms with Gasteiger partial charge in [-0.2, -0.15) is 0 Å². The molecule has 15 nitrogen and oxygen atoms in total. The summed E-state index contributed by atoms with van der Waals surface area (Å²) in [6.07, 6.45) is 21.6. The van der Waals surface area contributed by atoms with E-state index in [1.807, 2.05) is 0 Å². The summed E-state index contributed by atoms with van der Waals surface area (Å²) in [4.78, 5) is 25.8. The van der Waals surface area contributed by atoms with Crippen LogP contribution in [0, 0.1) is 0 Å². The highest BCUT2D eigenvalue weighted by Crippen LogP contribution is 2.27. The van der Waals surface area contributed by atoms with Crippen LogP contribution in [0.25, 0.3) is 0 Å². The zero-order chi connectivity index (χ0) is 49.6. The van der Waals surface area contributed by atoms with Gasteiger partial charge in [0.2, 0.25) is 0 Å². The second-order valence-electron chi connectivity index (χ2n) is 19.2. The van der Waals surface area contributed by atoms with Crippen LogP contribution in [0.5, 0.6) is 0 Å². The minimum Gasteiger partial charge on any atom is -0.462 e. The lowest BCUT2D eigenvalue weighted by molar-refractivity contribution is -0.332. The first-order valence-corrected chi connectivity index (χ1v) is 27.0. The Morgan fingerprint density at radius 3 is 1.35 bits per heavy atom. The number of carbonyl (C=O) groups excluding carboxylic acids is 2. The van der Waals surface area contributed by atoms with E-state index in [-0.39, 0.29) is 26.1 Å². The molecular formula is C53H96O15. The molecule has 7 N–H and O–H groups in total. The highest BCUT2D eigenvalue weighted by Gasteiger charge is 2.47. The minimum atomic E-state index is -1.77. The van der Waals surface area contributed by atoms with Gasteiger partial charge in [0.05, 0.1) is 19.8 Å². The third kappa shape index (κ3) is 28.2. The van der Waals surface area contributed by atoms with Gasteiger partial charge in [-0.25, -0.2) is 0 Å². The second kappa shape index (κ2) is 40.6. The van der Waals surface area contributed by atoms with E-state index in [0.29, 0.717) is 12.8 Å². The SMILES string of the molecule is CCCCCCCC=C=CCCCCCCCC(=O)O[C@@H](COC(=O)CCCCCCCCCCCCCCCCCCC)CO[C@@H]1O[C@H](CO[C@@H]2O[C@H](CO)[C@H](O)C(O)C2O)[C@H](O)C(O)C1O. The van der Waals surface area contributed by atoms with Gasteiger partial charge in [0, 0.05) is 12.8 Å². The first-order chi connectivity index (χ1) is 33.0. The van der Waals surface area contributed by atoms with Gasteiger partial charge in [-0.15, -0.1) is 5.73 Å². The van der Waals surface area contributed by atoms with Crippen LogP contribution in [-0.2, 0) is 38.0 Å². The van der Waals surface area contributed by atoms with Crippen molar-refractivity contribution in [1.29, 1.82) is 0 Å². The van der Waals surface area contributed by atoms with Gasteiger partial charge in [-0.1, -0.05) is 162 Å². The maximum absolute atomic E-state index is 13.0. The number of allylic oxidation sites excluding steroid dienone is 1. The van der Waals surface area contributed by atoms with Crippen molar-refractivity contribution in [3.8, 4) is 0 Å². The molecule has 4 unspecified atom stereocenters. The monoisotopic (exact) mass is 973 g/mol. The van der Waals surface area contributed by atoms with Crippen molar-refractivity contribution in [2.45, 2.75) is 280 Å². The van der Waals surface area contributed by atoms with Crippen LogP contribution in [-0.4, -0.2) is 142 Å². The van der Waals surface area contributed by atoms with Crippen molar-refractivity contribution in [3.05, 3.63) is 17.9 Å². The third-order valence-corrected chi connectivity index (χ3v) is 13.0. The quantitative estimate of drug-likeness (QED) is 0.0175. The molecule has 0 spiro atoms. The van der Waals surface area contributed by atoms with E-state index in [1.165, 1.54) is 116 Å². The lowest BCUT2D eigenvalue weighted by Gasteiger charge is -2.42. The fraction of sp³-hybridized carbons (Fsp3) is 0.906. The molecule has 0 aromatic carbocycles. The summed E-state index contributed by atoms with van der Waals surface area (Å²) >= 11 is 0. The zero-order valence-electron chi connectivity index (χ0n) is 42.2. The molecule has 2 fully saturated rings. The maximum Gasteiger partial charge on any atom is 0.306 e. The standard InChI is InChI=1S/C53H96O15/c1-3-5-7-9-11-13-15-17-19-20-22-23-25-27-29-31-33-35-44(55)63-38-41(66-45(56)36-34-32-30-28-26-24-21-18-16-14-12-10-8-6-4-2)39-64-52-51(62)49(60)47(58)43(68-52)40-65-53-50(61)48(59)46(57)42(37-54)67-53/h16,21,41-43,46-54,57-62H,3-15,17,19-20,22-40H2,1-2H3/t18?,41-,42+,43+,46-,47-,48?,49?,50?,51?,52+,53+/m0/s1. The van der Waals surface area contributed by atoms with Crippen molar-refractivity contribution < 1.29 is 73.8 Å². The topological polar surface area (TPSA) is 231 Å². The maximum atomic E-state index is 13.0. The Labute approximate surface area is 409 Å². The van der Waals surface area contributed by atoms with Crippen LogP contribution < -0.4 is 0 Å². The summed E-state index contributed by atoms with van der Waals surface area (Å²) in [6, 6.07) is 0. The molecule has 2 saturated heterocycles. The molecule has 2 aliphatic rings. The number of rotatable bonds is 42. The number of hydrogen-bond acceptors (Lipinski definition) is 15.